The lowest BCUT2D eigenvalue weighted by Gasteiger charge is -2.37. The maximum Gasteiger partial charge on any atom is 0.280 e. The van der Waals surface area contributed by atoms with Gasteiger partial charge in [-0.05, 0) is 17.8 Å². The molecule has 0 aliphatic carbocycles. The summed E-state index contributed by atoms with van der Waals surface area (Å²) in [5, 5.41) is 0. The van der Waals surface area contributed by atoms with Crippen molar-refractivity contribution in [2.45, 2.75) is 38.7 Å². The van der Waals surface area contributed by atoms with E-state index in [1.165, 1.54) is 0 Å². The molecule has 0 aromatic heterocycles. The van der Waals surface area contributed by atoms with Crippen molar-refractivity contribution >= 4 is 22.7 Å². The van der Waals surface area contributed by atoms with E-state index in [9.17, 15) is 13.0 Å². The topological polar surface area (TPSA) is 54.4 Å². The second-order valence-corrected chi connectivity index (χ2v) is 7.08. The largest absolute Gasteiger partial charge is 0.284 e. The zero-order valence-corrected chi connectivity index (χ0v) is 11.1. The maximum absolute atomic E-state index is 11.3. The van der Waals surface area contributed by atoms with Gasteiger partial charge >= 0.3 is 0 Å². The Kier molecular flexibility index (Phi) is 4.49. The van der Waals surface area contributed by atoms with Crippen molar-refractivity contribution in [1.82, 2.24) is 0 Å². The van der Waals surface area contributed by atoms with E-state index in [1.54, 1.807) is 20.8 Å². The number of thiol groups is 1. The molecule has 0 saturated heterocycles. The predicted octanol–water partition coefficient (Wildman–Crippen LogP) is 2.45. The average Bonchev–Trinajstić information content (AvgIpc) is 1.98. The summed E-state index contributed by atoms with van der Waals surface area (Å²) >= 11 is 4.19. The van der Waals surface area contributed by atoms with Crippen LogP contribution in [0.2, 0.25) is 0 Å². The molecule has 0 aromatic carbocycles. The summed E-state index contributed by atoms with van der Waals surface area (Å²) in [6, 6.07) is 0. The monoisotopic (exact) mass is 240 g/mol. The minimum absolute atomic E-state index is 0.150. The van der Waals surface area contributed by atoms with Crippen LogP contribution in [0.25, 0.3) is 0 Å². The summed E-state index contributed by atoms with van der Waals surface area (Å²) in [6.07, 6.45) is 0. The first-order valence-electron chi connectivity index (χ1n) is 4.74. The van der Waals surface area contributed by atoms with Crippen molar-refractivity contribution in [2.24, 2.45) is 17.8 Å². The highest BCUT2D eigenvalue weighted by atomic mass is 32.3. The minimum atomic E-state index is -4.14. The van der Waals surface area contributed by atoms with Gasteiger partial charge in [-0.2, -0.15) is 21.0 Å². The molecule has 0 aromatic rings. The van der Waals surface area contributed by atoms with E-state index in [1.807, 2.05) is 13.8 Å². The molecule has 0 rings (SSSR count). The number of rotatable bonds is 4. The smallest absolute Gasteiger partial charge is 0.280 e. The van der Waals surface area contributed by atoms with Crippen molar-refractivity contribution in [3.8, 4) is 0 Å². The Labute approximate surface area is 92.4 Å². The lowest BCUT2D eigenvalue weighted by atomic mass is 9.88. The van der Waals surface area contributed by atoms with Crippen LogP contribution < -0.4 is 0 Å². The molecular weight excluding hydrogens is 220 g/mol. The molecule has 0 bridgehead atoms. The molecule has 0 fully saturated rings. The van der Waals surface area contributed by atoms with E-state index < -0.39 is 14.2 Å². The lowest BCUT2D eigenvalue weighted by Crippen LogP contribution is -2.45. The van der Waals surface area contributed by atoms with Crippen LogP contribution in [0.4, 0.5) is 0 Å². The summed E-state index contributed by atoms with van der Waals surface area (Å²) in [7, 11) is -4.14. The Balaban J connectivity index is 5.34. The molecular formula is C9H20O3S2. The van der Waals surface area contributed by atoms with Gasteiger partial charge in [0.1, 0.15) is 4.08 Å². The standard InChI is InChI=1S/C9H20O3S2/c1-6(2)8(5)9(13,7(3)4)14(10,11)12/h6-8,13H,1-5H3,(H,10,11,12). The van der Waals surface area contributed by atoms with E-state index in [-0.39, 0.29) is 17.8 Å². The van der Waals surface area contributed by atoms with Crippen molar-refractivity contribution in [1.29, 1.82) is 0 Å². The summed E-state index contributed by atoms with van der Waals surface area (Å²) in [4.78, 5) is 0. The second kappa shape index (κ2) is 4.41. The van der Waals surface area contributed by atoms with E-state index in [0.29, 0.717) is 0 Å². The van der Waals surface area contributed by atoms with Gasteiger partial charge in [0.2, 0.25) is 0 Å². The average molecular weight is 240 g/mol. The van der Waals surface area contributed by atoms with Gasteiger partial charge in [0, 0.05) is 0 Å². The molecule has 0 radical (unpaired) electrons. The van der Waals surface area contributed by atoms with Crippen LogP contribution in [0, 0.1) is 17.8 Å². The molecule has 3 nitrogen and oxygen atoms in total. The molecule has 1 N–H and O–H groups in total. The van der Waals surface area contributed by atoms with E-state index in [0.717, 1.165) is 0 Å². The Morgan fingerprint density at radius 2 is 1.50 bits per heavy atom. The van der Waals surface area contributed by atoms with E-state index in [4.69, 9.17) is 0 Å². The molecule has 2 atom stereocenters. The van der Waals surface area contributed by atoms with Crippen LogP contribution in [-0.4, -0.2) is 17.0 Å². The molecule has 86 valence electrons. The first kappa shape index (κ1) is 14.3. The fraction of sp³-hybridized carbons (Fsp3) is 1.00. The molecule has 0 amide bonds. The summed E-state index contributed by atoms with van der Waals surface area (Å²) in [5.74, 6) is -0.295. The third-order valence-corrected chi connectivity index (χ3v) is 6.18. The molecule has 0 saturated carbocycles. The first-order chi connectivity index (χ1) is 6.05. The van der Waals surface area contributed by atoms with Gasteiger partial charge < -0.3 is 0 Å². The van der Waals surface area contributed by atoms with Crippen LogP contribution >= 0.6 is 12.6 Å². The third-order valence-electron chi connectivity index (χ3n) is 2.89. The van der Waals surface area contributed by atoms with Crippen LogP contribution in [-0.2, 0) is 10.1 Å². The highest BCUT2D eigenvalue weighted by Gasteiger charge is 2.48. The second-order valence-electron chi connectivity index (χ2n) is 4.41. The Hall–Kier alpha value is 0.260. The normalized spacial score (nSPS) is 19.8. The zero-order valence-electron chi connectivity index (χ0n) is 9.35. The molecule has 0 spiro atoms. The van der Waals surface area contributed by atoms with Gasteiger partial charge in [-0.3, -0.25) is 4.55 Å². The quantitative estimate of drug-likeness (QED) is 0.586. The first-order valence-corrected chi connectivity index (χ1v) is 6.63. The van der Waals surface area contributed by atoms with Gasteiger partial charge in [-0.15, -0.1) is 0 Å². The van der Waals surface area contributed by atoms with E-state index in [2.05, 4.69) is 12.6 Å². The minimum Gasteiger partial charge on any atom is -0.284 e. The van der Waals surface area contributed by atoms with Crippen molar-refractivity contribution in [3.05, 3.63) is 0 Å². The molecule has 14 heavy (non-hydrogen) atoms. The van der Waals surface area contributed by atoms with Crippen LogP contribution in [0.3, 0.4) is 0 Å². The SMILES string of the molecule is CC(C)C(C)C(S)(C(C)C)S(=O)(=O)O. The van der Waals surface area contributed by atoms with Gasteiger partial charge in [-0.25, -0.2) is 0 Å². The Morgan fingerprint density at radius 3 is 1.57 bits per heavy atom. The lowest BCUT2D eigenvalue weighted by molar-refractivity contribution is 0.300. The van der Waals surface area contributed by atoms with Crippen molar-refractivity contribution in [3.63, 3.8) is 0 Å². The number of hydrogen-bond acceptors (Lipinski definition) is 3. The van der Waals surface area contributed by atoms with E-state index >= 15 is 0 Å². The summed E-state index contributed by atoms with van der Waals surface area (Å²) in [6.45, 7) is 9.14. The predicted molar refractivity (Wildman–Crippen MR) is 62.1 cm³/mol. The fourth-order valence-electron chi connectivity index (χ4n) is 1.54. The molecule has 2 unspecified atom stereocenters. The molecule has 0 aliphatic rings. The van der Waals surface area contributed by atoms with Gasteiger partial charge in [0.25, 0.3) is 10.1 Å². The zero-order chi connectivity index (χ0) is 11.7. The molecule has 0 aliphatic heterocycles. The van der Waals surface area contributed by atoms with Crippen molar-refractivity contribution in [2.75, 3.05) is 0 Å². The molecule has 5 heteroatoms. The highest BCUT2D eigenvalue weighted by molar-refractivity contribution is 8.03. The Bertz CT molecular complexity index is 282. The molecule has 0 heterocycles. The van der Waals surface area contributed by atoms with Gasteiger partial charge in [0.15, 0.2) is 0 Å². The van der Waals surface area contributed by atoms with Gasteiger partial charge in [-0.1, -0.05) is 34.6 Å². The highest BCUT2D eigenvalue weighted by Crippen LogP contribution is 2.41. The van der Waals surface area contributed by atoms with Gasteiger partial charge in [0.05, 0.1) is 0 Å². The van der Waals surface area contributed by atoms with Crippen molar-refractivity contribution < 1.29 is 13.0 Å². The third kappa shape index (κ3) is 2.44. The Morgan fingerprint density at radius 1 is 1.14 bits per heavy atom. The number of hydrogen-bond donors (Lipinski definition) is 2. The van der Waals surface area contributed by atoms with Crippen LogP contribution in [0.15, 0.2) is 0 Å². The maximum atomic E-state index is 11.3. The van der Waals surface area contributed by atoms with Crippen LogP contribution in [0.5, 0.6) is 0 Å². The summed E-state index contributed by atoms with van der Waals surface area (Å²) in [5.41, 5.74) is 0. The van der Waals surface area contributed by atoms with Crippen LogP contribution in [0.1, 0.15) is 34.6 Å². The fourth-order valence-corrected chi connectivity index (χ4v) is 3.17. The summed E-state index contributed by atoms with van der Waals surface area (Å²) < 4.78 is 30.5.